The fourth-order valence-corrected chi connectivity index (χ4v) is 2.03. The molecule has 0 aliphatic rings. The van der Waals surface area contributed by atoms with Gasteiger partial charge in [-0.15, -0.1) is 0 Å². The Morgan fingerprint density at radius 3 is 2.69 bits per heavy atom. The minimum Gasteiger partial charge on any atom is -0.478 e. The van der Waals surface area contributed by atoms with Crippen molar-refractivity contribution in [3.05, 3.63) is 34.5 Å². The number of H-pyrrole nitrogens is 1. The van der Waals surface area contributed by atoms with Gasteiger partial charge in [0.2, 0.25) is 0 Å². The van der Waals surface area contributed by atoms with Gasteiger partial charge >= 0.3 is 5.97 Å². The van der Waals surface area contributed by atoms with Crippen LogP contribution in [0.4, 0.5) is 0 Å². The number of aromatic carboxylic acids is 1. The van der Waals surface area contributed by atoms with Crippen molar-refractivity contribution in [2.24, 2.45) is 0 Å². The van der Waals surface area contributed by atoms with Crippen molar-refractivity contribution in [2.75, 3.05) is 0 Å². The van der Waals surface area contributed by atoms with E-state index < -0.39 is 5.97 Å². The number of aromatic amines is 1. The highest BCUT2D eigenvalue weighted by molar-refractivity contribution is 6.31. The summed E-state index contributed by atoms with van der Waals surface area (Å²) in [5.41, 5.74) is 1.86. The third-order valence-electron chi connectivity index (χ3n) is 2.58. The van der Waals surface area contributed by atoms with Crippen molar-refractivity contribution in [3.63, 3.8) is 0 Å². The molecule has 0 amide bonds. The van der Waals surface area contributed by atoms with Crippen LogP contribution >= 0.6 is 11.6 Å². The molecule has 0 spiro atoms. The van der Waals surface area contributed by atoms with Crippen molar-refractivity contribution in [3.8, 4) is 0 Å². The molecule has 0 saturated heterocycles. The monoisotopic (exact) mass is 237 g/mol. The Bertz CT molecular complexity index is 557. The van der Waals surface area contributed by atoms with Gasteiger partial charge in [0.05, 0.1) is 5.56 Å². The van der Waals surface area contributed by atoms with Crippen LogP contribution < -0.4 is 0 Å². The van der Waals surface area contributed by atoms with Crippen LogP contribution in [0.2, 0.25) is 5.02 Å². The van der Waals surface area contributed by atoms with Crippen molar-refractivity contribution in [1.82, 2.24) is 4.98 Å². The lowest BCUT2D eigenvalue weighted by molar-refractivity contribution is 0.0697. The van der Waals surface area contributed by atoms with Gasteiger partial charge in [-0.1, -0.05) is 31.5 Å². The number of aromatic nitrogens is 1. The van der Waals surface area contributed by atoms with E-state index in [4.69, 9.17) is 11.6 Å². The standard InChI is InChI=1S/C12H12ClNO2/c1-6(2)11-10(12(15)16)8-4-3-7(13)5-9(8)14-11/h3-6,14H,1-2H3,(H,15,16). The van der Waals surface area contributed by atoms with Gasteiger partial charge in [-0.05, 0) is 18.1 Å². The third-order valence-corrected chi connectivity index (χ3v) is 2.82. The number of hydrogen-bond donors (Lipinski definition) is 2. The number of halogens is 1. The summed E-state index contributed by atoms with van der Waals surface area (Å²) >= 11 is 5.87. The maximum Gasteiger partial charge on any atom is 0.338 e. The molecule has 1 aromatic heterocycles. The quantitative estimate of drug-likeness (QED) is 0.838. The summed E-state index contributed by atoms with van der Waals surface area (Å²) in [5, 5.41) is 10.5. The Morgan fingerprint density at radius 1 is 1.44 bits per heavy atom. The number of hydrogen-bond acceptors (Lipinski definition) is 1. The summed E-state index contributed by atoms with van der Waals surface area (Å²) in [7, 11) is 0. The van der Waals surface area contributed by atoms with E-state index in [-0.39, 0.29) is 5.92 Å². The fraction of sp³-hybridized carbons (Fsp3) is 0.250. The molecule has 0 aliphatic carbocycles. The first-order chi connectivity index (χ1) is 7.50. The zero-order valence-corrected chi connectivity index (χ0v) is 9.80. The highest BCUT2D eigenvalue weighted by Crippen LogP contribution is 2.29. The Kier molecular flexibility index (Phi) is 2.64. The summed E-state index contributed by atoms with van der Waals surface area (Å²) in [5.74, 6) is -0.769. The van der Waals surface area contributed by atoms with Crippen LogP contribution in [0.3, 0.4) is 0 Å². The summed E-state index contributed by atoms with van der Waals surface area (Å²) in [6.45, 7) is 3.91. The van der Waals surface area contributed by atoms with Crippen LogP contribution in [0, 0.1) is 0 Å². The zero-order valence-electron chi connectivity index (χ0n) is 9.04. The van der Waals surface area contributed by atoms with Gasteiger partial charge in [0.15, 0.2) is 0 Å². The molecular formula is C12H12ClNO2. The number of rotatable bonds is 2. The Hall–Kier alpha value is -1.48. The zero-order chi connectivity index (χ0) is 11.9. The lowest BCUT2D eigenvalue weighted by atomic mass is 10.0. The van der Waals surface area contributed by atoms with Gasteiger partial charge in [0.25, 0.3) is 0 Å². The van der Waals surface area contributed by atoms with E-state index in [1.807, 2.05) is 13.8 Å². The molecule has 2 aromatic rings. The van der Waals surface area contributed by atoms with Gasteiger partial charge in [-0.25, -0.2) is 4.79 Å². The van der Waals surface area contributed by atoms with Crippen LogP contribution in [0.5, 0.6) is 0 Å². The molecule has 0 atom stereocenters. The summed E-state index contributed by atoms with van der Waals surface area (Å²) in [6.07, 6.45) is 0. The summed E-state index contributed by atoms with van der Waals surface area (Å²) in [6, 6.07) is 5.19. The number of benzene rings is 1. The van der Waals surface area contributed by atoms with E-state index in [2.05, 4.69) is 4.98 Å². The van der Waals surface area contributed by atoms with Crippen molar-refractivity contribution < 1.29 is 9.90 Å². The Labute approximate surface area is 98.0 Å². The molecule has 0 aliphatic heterocycles. The molecule has 2 rings (SSSR count). The van der Waals surface area contributed by atoms with E-state index in [1.165, 1.54) is 0 Å². The minimum atomic E-state index is -0.905. The van der Waals surface area contributed by atoms with Crippen LogP contribution in [0.25, 0.3) is 10.9 Å². The van der Waals surface area contributed by atoms with Crippen LogP contribution in [0.1, 0.15) is 35.8 Å². The lowest BCUT2D eigenvalue weighted by Gasteiger charge is -2.03. The van der Waals surface area contributed by atoms with Crippen LogP contribution in [0.15, 0.2) is 18.2 Å². The second-order valence-corrected chi connectivity index (χ2v) is 4.50. The van der Waals surface area contributed by atoms with E-state index in [9.17, 15) is 9.90 Å². The molecule has 16 heavy (non-hydrogen) atoms. The largest absolute Gasteiger partial charge is 0.478 e. The number of carboxylic acids is 1. The lowest BCUT2D eigenvalue weighted by Crippen LogP contribution is -2.01. The van der Waals surface area contributed by atoms with E-state index in [0.717, 1.165) is 11.2 Å². The van der Waals surface area contributed by atoms with E-state index >= 15 is 0 Å². The first-order valence-corrected chi connectivity index (χ1v) is 5.43. The first kappa shape index (κ1) is 11.0. The van der Waals surface area contributed by atoms with Crippen molar-refractivity contribution in [2.45, 2.75) is 19.8 Å². The topological polar surface area (TPSA) is 53.1 Å². The minimum absolute atomic E-state index is 0.136. The Morgan fingerprint density at radius 2 is 2.12 bits per heavy atom. The van der Waals surface area contributed by atoms with E-state index in [0.29, 0.717) is 16.0 Å². The van der Waals surface area contributed by atoms with Crippen LogP contribution in [-0.2, 0) is 0 Å². The fourth-order valence-electron chi connectivity index (χ4n) is 1.85. The predicted octanol–water partition coefficient (Wildman–Crippen LogP) is 3.64. The van der Waals surface area contributed by atoms with Crippen molar-refractivity contribution in [1.29, 1.82) is 0 Å². The molecule has 0 fully saturated rings. The summed E-state index contributed by atoms with van der Waals surface area (Å²) in [4.78, 5) is 14.4. The third kappa shape index (κ3) is 1.67. The van der Waals surface area contributed by atoms with Gasteiger partial charge in [-0.3, -0.25) is 0 Å². The molecule has 1 heterocycles. The smallest absolute Gasteiger partial charge is 0.338 e. The predicted molar refractivity (Wildman–Crippen MR) is 64.4 cm³/mol. The molecule has 1 aromatic carbocycles. The Balaban J connectivity index is 2.81. The van der Waals surface area contributed by atoms with Crippen molar-refractivity contribution >= 4 is 28.5 Å². The number of carboxylic acid groups (broad SMARTS) is 1. The molecule has 0 saturated carbocycles. The molecule has 84 valence electrons. The average molecular weight is 238 g/mol. The SMILES string of the molecule is CC(C)c1[nH]c2cc(Cl)ccc2c1C(=O)O. The molecule has 2 N–H and O–H groups in total. The molecule has 3 nitrogen and oxygen atoms in total. The van der Waals surface area contributed by atoms with Gasteiger partial charge in [0, 0.05) is 21.6 Å². The van der Waals surface area contributed by atoms with Gasteiger partial charge in [-0.2, -0.15) is 0 Å². The first-order valence-electron chi connectivity index (χ1n) is 5.05. The molecule has 0 bridgehead atoms. The second kappa shape index (κ2) is 3.83. The summed E-state index contributed by atoms with van der Waals surface area (Å²) < 4.78 is 0. The molecule has 0 unspecified atom stereocenters. The van der Waals surface area contributed by atoms with Gasteiger partial charge < -0.3 is 10.1 Å². The second-order valence-electron chi connectivity index (χ2n) is 4.06. The molecule has 4 heteroatoms. The molecular weight excluding hydrogens is 226 g/mol. The number of fused-ring (bicyclic) bond motifs is 1. The highest BCUT2D eigenvalue weighted by Gasteiger charge is 2.19. The maximum absolute atomic E-state index is 11.2. The van der Waals surface area contributed by atoms with Crippen LogP contribution in [-0.4, -0.2) is 16.1 Å². The maximum atomic E-state index is 11.2. The number of nitrogens with one attached hydrogen (secondary N) is 1. The average Bonchev–Trinajstić information content (AvgIpc) is 2.55. The number of carbonyl (C=O) groups is 1. The van der Waals surface area contributed by atoms with E-state index in [1.54, 1.807) is 18.2 Å². The molecule has 0 radical (unpaired) electrons. The highest BCUT2D eigenvalue weighted by atomic mass is 35.5. The van der Waals surface area contributed by atoms with Gasteiger partial charge in [0.1, 0.15) is 0 Å². The normalized spacial score (nSPS) is 11.2.